The Balaban J connectivity index is 1.67. The minimum absolute atomic E-state index is 0.0486. The van der Waals surface area contributed by atoms with Crippen LogP contribution in [0.1, 0.15) is 29.6 Å². The highest BCUT2D eigenvalue weighted by molar-refractivity contribution is 5.94. The molecule has 0 aromatic heterocycles. The maximum Gasteiger partial charge on any atom is 0.307 e. The van der Waals surface area contributed by atoms with Gasteiger partial charge >= 0.3 is 5.97 Å². The largest absolute Gasteiger partial charge is 0.494 e. The predicted molar refractivity (Wildman–Crippen MR) is 76.3 cm³/mol. The van der Waals surface area contributed by atoms with Crippen molar-refractivity contribution in [2.75, 3.05) is 20.2 Å². The third-order valence-electron chi connectivity index (χ3n) is 4.93. The van der Waals surface area contributed by atoms with E-state index in [4.69, 9.17) is 9.84 Å². The van der Waals surface area contributed by atoms with Crippen LogP contribution in [0.4, 0.5) is 4.39 Å². The number of carbonyl (C=O) groups is 2. The lowest BCUT2D eigenvalue weighted by Gasteiger charge is -2.32. The molecule has 22 heavy (non-hydrogen) atoms. The maximum absolute atomic E-state index is 13.4. The summed E-state index contributed by atoms with van der Waals surface area (Å²) in [5, 5.41) is 9.08. The first-order chi connectivity index (χ1) is 10.5. The van der Waals surface area contributed by atoms with E-state index >= 15 is 0 Å². The van der Waals surface area contributed by atoms with Crippen LogP contribution in [0, 0.1) is 17.2 Å². The number of hydrogen-bond acceptors (Lipinski definition) is 3. The second kappa shape index (κ2) is 5.26. The third kappa shape index (κ3) is 2.42. The summed E-state index contributed by atoms with van der Waals surface area (Å²) in [4.78, 5) is 25.2. The topological polar surface area (TPSA) is 66.8 Å². The first-order valence-electron chi connectivity index (χ1n) is 7.32. The molecule has 0 radical (unpaired) electrons. The van der Waals surface area contributed by atoms with E-state index in [0.717, 1.165) is 0 Å². The molecule has 1 saturated carbocycles. The molecule has 2 aliphatic rings. The normalized spacial score (nSPS) is 22.5. The van der Waals surface area contributed by atoms with Crippen molar-refractivity contribution < 1.29 is 23.8 Å². The molecule has 1 atom stereocenters. The van der Waals surface area contributed by atoms with Gasteiger partial charge in [-0.3, -0.25) is 9.59 Å². The molecule has 6 heteroatoms. The van der Waals surface area contributed by atoms with E-state index in [1.54, 1.807) is 4.90 Å². The number of likely N-dealkylation sites (tertiary alicyclic amines) is 1. The van der Waals surface area contributed by atoms with Gasteiger partial charge in [-0.15, -0.1) is 0 Å². The van der Waals surface area contributed by atoms with Crippen molar-refractivity contribution in [3.63, 3.8) is 0 Å². The van der Waals surface area contributed by atoms with Crippen LogP contribution in [-0.2, 0) is 4.79 Å². The zero-order chi connectivity index (χ0) is 15.9. The van der Waals surface area contributed by atoms with Crippen molar-refractivity contribution in [3.8, 4) is 5.75 Å². The molecule has 0 unspecified atom stereocenters. The minimum Gasteiger partial charge on any atom is -0.494 e. The van der Waals surface area contributed by atoms with Crippen molar-refractivity contribution in [2.24, 2.45) is 11.3 Å². The number of rotatable bonds is 3. The quantitative estimate of drug-likeness (QED) is 0.929. The lowest BCUT2D eigenvalue weighted by Crippen LogP contribution is -2.40. The molecule has 1 aromatic carbocycles. The molecule has 118 valence electrons. The Bertz CT molecular complexity index is 623. The fraction of sp³-hybridized carbons (Fsp3) is 0.500. The fourth-order valence-electron chi connectivity index (χ4n) is 3.38. The second-order valence-electron chi connectivity index (χ2n) is 6.10. The highest BCUT2D eigenvalue weighted by Gasteiger charge is 2.59. The molecule has 1 aromatic rings. The summed E-state index contributed by atoms with van der Waals surface area (Å²) in [5.41, 5.74) is 0.281. The molecule has 3 rings (SSSR count). The number of amides is 1. The van der Waals surface area contributed by atoms with Crippen molar-refractivity contribution in [1.82, 2.24) is 4.90 Å². The van der Waals surface area contributed by atoms with Crippen molar-refractivity contribution in [3.05, 3.63) is 29.6 Å². The number of ether oxygens (including phenoxy) is 1. The van der Waals surface area contributed by atoms with Gasteiger partial charge in [0.15, 0.2) is 11.6 Å². The van der Waals surface area contributed by atoms with Crippen LogP contribution in [0.3, 0.4) is 0 Å². The molecule has 1 heterocycles. The van der Waals surface area contributed by atoms with Gasteiger partial charge in [0.1, 0.15) is 0 Å². The van der Waals surface area contributed by atoms with Crippen LogP contribution >= 0.6 is 0 Å². The lowest BCUT2D eigenvalue weighted by molar-refractivity contribution is -0.139. The predicted octanol–water partition coefficient (Wildman–Crippen LogP) is 2.16. The van der Waals surface area contributed by atoms with Crippen LogP contribution in [-0.4, -0.2) is 42.1 Å². The number of piperidine rings is 1. The number of hydrogen-bond donors (Lipinski definition) is 1. The van der Waals surface area contributed by atoms with Gasteiger partial charge in [-0.2, -0.15) is 0 Å². The molecule has 1 aliphatic heterocycles. The van der Waals surface area contributed by atoms with E-state index in [2.05, 4.69) is 0 Å². The fourth-order valence-corrected chi connectivity index (χ4v) is 3.38. The van der Waals surface area contributed by atoms with Gasteiger partial charge in [0.25, 0.3) is 5.91 Å². The van der Waals surface area contributed by atoms with Crippen LogP contribution in [0.2, 0.25) is 0 Å². The van der Waals surface area contributed by atoms with Gasteiger partial charge in [0.2, 0.25) is 0 Å². The molecule has 1 N–H and O–H groups in total. The Morgan fingerprint density at radius 2 is 2.05 bits per heavy atom. The first-order valence-corrected chi connectivity index (χ1v) is 7.32. The number of carboxylic acids is 1. The van der Waals surface area contributed by atoms with Crippen molar-refractivity contribution >= 4 is 11.9 Å². The molecule has 1 amide bonds. The summed E-state index contributed by atoms with van der Waals surface area (Å²) < 4.78 is 18.3. The lowest BCUT2D eigenvalue weighted by atomic mass is 9.90. The molecular weight excluding hydrogens is 289 g/mol. The summed E-state index contributed by atoms with van der Waals surface area (Å²) in [5.74, 6) is -1.61. The van der Waals surface area contributed by atoms with Gasteiger partial charge in [-0.1, -0.05) is 0 Å². The Hall–Kier alpha value is -2.11. The molecule has 5 nitrogen and oxygen atoms in total. The first kappa shape index (κ1) is 14.8. The maximum atomic E-state index is 13.4. The number of halogens is 1. The summed E-state index contributed by atoms with van der Waals surface area (Å²) >= 11 is 0. The Morgan fingerprint density at radius 1 is 1.36 bits per heavy atom. The molecule has 1 spiro atoms. The van der Waals surface area contributed by atoms with E-state index < -0.39 is 11.8 Å². The summed E-state index contributed by atoms with van der Waals surface area (Å²) in [7, 11) is 1.36. The smallest absolute Gasteiger partial charge is 0.307 e. The van der Waals surface area contributed by atoms with E-state index in [0.29, 0.717) is 37.9 Å². The van der Waals surface area contributed by atoms with Gasteiger partial charge in [-0.25, -0.2) is 4.39 Å². The van der Waals surface area contributed by atoms with E-state index in [9.17, 15) is 14.0 Å². The SMILES string of the molecule is COc1cc(C(=O)N2CCC3(CC2)C[C@@H]3C(=O)O)ccc1F. The van der Waals surface area contributed by atoms with Gasteiger partial charge in [0.05, 0.1) is 13.0 Å². The van der Waals surface area contributed by atoms with Gasteiger partial charge in [0, 0.05) is 18.7 Å². The molecular formula is C16H18FNO4. The van der Waals surface area contributed by atoms with Crippen LogP contribution < -0.4 is 4.74 Å². The van der Waals surface area contributed by atoms with Gasteiger partial charge in [-0.05, 0) is 42.9 Å². The number of methoxy groups -OCH3 is 1. The highest BCUT2D eigenvalue weighted by Crippen LogP contribution is 2.59. The van der Waals surface area contributed by atoms with Gasteiger partial charge < -0.3 is 14.7 Å². The van der Waals surface area contributed by atoms with Crippen molar-refractivity contribution in [2.45, 2.75) is 19.3 Å². The Kier molecular flexibility index (Phi) is 3.54. The van der Waals surface area contributed by atoms with E-state index in [1.807, 2.05) is 0 Å². The monoisotopic (exact) mass is 307 g/mol. The van der Waals surface area contributed by atoms with E-state index in [-0.39, 0.29) is 23.0 Å². The number of benzene rings is 1. The average Bonchev–Trinajstić information content (AvgIpc) is 3.22. The summed E-state index contributed by atoms with van der Waals surface area (Å²) in [6.45, 7) is 1.09. The van der Waals surface area contributed by atoms with Crippen molar-refractivity contribution in [1.29, 1.82) is 0 Å². The molecule has 1 saturated heterocycles. The highest BCUT2D eigenvalue weighted by atomic mass is 19.1. The summed E-state index contributed by atoms with van der Waals surface area (Å²) in [6, 6.07) is 4.07. The summed E-state index contributed by atoms with van der Waals surface area (Å²) in [6.07, 6.45) is 2.15. The Labute approximate surface area is 127 Å². The van der Waals surface area contributed by atoms with Crippen LogP contribution in [0.15, 0.2) is 18.2 Å². The number of nitrogens with zero attached hydrogens (tertiary/aromatic N) is 1. The zero-order valence-electron chi connectivity index (χ0n) is 12.3. The van der Waals surface area contributed by atoms with E-state index in [1.165, 1.54) is 25.3 Å². The standard InChI is InChI=1S/C16H18FNO4/c1-22-13-8-10(2-3-12(13)17)14(19)18-6-4-16(5-7-18)9-11(16)15(20)21/h2-3,8,11H,4-7,9H2,1H3,(H,20,21)/t11-/m1/s1. The molecule has 2 fully saturated rings. The number of aliphatic carboxylic acids is 1. The molecule has 0 bridgehead atoms. The Morgan fingerprint density at radius 3 is 2.59 bits per heavy atom. The second-order valence-corrected chi connectivity index (χ2v) is 6.10. The zero-order valence-corrected chi connectivity index (χ0v) is 12.3. The number of carbonyl (C=O) groups excluding carboxylic acids is 1. The minimum atomic E-state index is -0.733. The molecule has 1 aliphatic carbocycles. The van der Waals surface area contributed by atoms with Crippen LogP contribution in [0.5, 0.6) is 5.75 Å². The van der Waals surface area contributed by atoms with Crippen LogP contribution in [0.25, 0.3) is 0 Å². The third-order valence-corrected chi connectivity index (χ3v) is 4.93. The number of carboxylic acid groups (broad SMARTS) is 1. The average molecular weight is 307 g/mol.